The Morgan fingerprint density at radius 3 is 2.23 bits per heavy atom. The molecule has 1 atom stereocenters. The third-order valence-electron chi connectivity index (χ3n) is 6.58. The van der Waals surface area contributed by atoms with Crippen LogP contribution in [0, 0.1) is 5.92 Å². The molecule has 226 valence electrons. The summed E-state index contributed by atoms with van der Waals surface area (Å²) in [5.74, 6) is 0.908. The minimum absolute atomic E-state index is 0.0628. The number of hydrogen-bond acceptors (Lipinski definition) is 7. The normalized spacial score (nSPS) is 12.4. The number of sulfonamides is 1. The summed E-state index contributed by atoms with van der Waals surface area (Å²) in [6.07, 6.45) is 1.74. The lowest BCUT2D eigenvalue weighted by atomic mass is 10.0. The Kier molecular flexibility index (Phi) is 9.33. The van der Waals surface area contributed by atoms with E-state index in [1.54, 1.807) is 61.2 Å². The van der Waals surface area contributed by atoms with Gasteiger partial charge in [-0.1, -0.05) is 44.2 Å². The second-order valence-corrected chi connectivity index (χ2v) is 13.1. The number of aromatic nitrogens is 1. The van der Waals surface area contributed by atoms with Crippen molar-refractivity contribution < 1.29 is 32.3 Å². The lowest BCUT2D eigenvalue weighted by Crippen LogP contribution is -2.47. The Morgan fingerprint density at radius 2 is 1.65 bits per heavy atom. The molecule has 4 rings (SSSR count). The van der Waals surface area contributed by atoms with Crippen molar-refractivity contribution in [3.8, 4) is 5.75 Å². The molecule has 1 heterocycles. The van der Waals surface area contributed by atoms with E-state index >= 15 is 0 Å². The Labute approximate surface area is 252 Å². The van der Waals surface area contributed by atoms with Crippen molar-refractivity contribution in [1.29, 1.82) is 0 Å². The molecular weight excluding hydrogens is 568 g/mol. The van der Waals surface area contributed by atoms with Crippen LogP contribution >= 0.6 is 0 Å². The van der Waals surface area contributed by atoms with E-state index in [-0.39, 0.29) is 22.8 Å². The number of hydrogen-bond donors (Lipinski definition) is 0. The fourth-order valence-corrected chi connectivity index (χ4v) is 6.31. The number of nitrogens with zero attached hydrogens (tertiary/aromatic N) is 2. The van der Waals surface area contributed by atoms with Gasteiger partial charge < -0.3 is 14.3 Å². The predicted octanol–water partition coefficient (Wildman–Crippen LogP) is 5.51. The van der Waals surface area contributed by atoms with Gasteiger partial charge in [-0.25, -0.2) is 22.3 Å². The monoisotopic (exact) mass is 604 g/mol. The van der Waals surface area contributed by atoms with E-state index in [1.807, 2.05) is 44.9 Å². The molecule has 0 aliphatic heterocycles. The van der Waals surface area contributed by atoms with Gasteiger partial charge in [0.1, 0.15) is 29.7 Å². The quantitative estimate of drug-likeness (QED) is 0.164. The summed E-state index contributed by atoms with van der Waals surface area (Å²) in [6.45, 7) is 9.09. The molecule has 0 radical (unpaired) electrons. The highest BCUT2D eigenvalue weighted by Crippen LogP contribution is 2.33. The van der Waals surface area contributed by atoms with Gasteiger partial charge in [-0.2, -0.15) is 4.73 Å². The molecule has 0 unspecified atom stereocenters. The van der Waals surface area contributed by atoms with Crippen molar-refractivity contribution in [3.63, 3.8) is 0 Å². The van der Waals surface area contributed by atoms with Gasteiger partial charge in [-0.15, -0.1) is 0 Å². The first-order valence-electron chi connectivity index (χ1n) is 13.8. The van der Waals surface area contributed by atoms with E-state index in [1.165, 1.54) is 31.4 Å². The van der Waals surface area contributed by atoms with Crippen molar-refractivity contribution in [2.24, 2.45) is 5.92 Å². The highest BCUT2D eigenvalue weighted by molar-refractivity contribution is 7.89. The number of fused-ring (bicyclic) bond motifs is 1. The molecule has 0 aliphatic rings. The fraction of sp³-hybridized carbons (Fsp3) is 0.303. The van der Waals surface area contributed by atoms with E-state index in [4.69, 9.17) is 14.3 Å². The first-order chi connectivity index (χ1) is 20.4. The minimum atomic E-state index is -4.48. The van der Waals surface area contributed by atoms with Crippen LogP contribution in [0.2, 0.25) is 0 Å². The van der Waals surface area contributed by atoms with Crippen molar-refractivity contribution in [1.82, 2.24) is 9.04 Å². The van der Waals surface area contributed by atoms with Gasteiger partial charge in [0.2, 0.25) is 0 Å². The highest BCUT2D eigenvalue weighted by Gasteiger charge is 2.41. The largest absolute Gasteiger partial charge is 0.497 e. The zero-order valence-electron chi connectivity index (χ0n) is 25.1. The summed E-state index contributed by atoms with van der Waals surface area (Å²) in [4.78, 5) is 32.2. The summed E-state index contributed by atoms with van der Waals surface area (Å²) in [6, 6.07) is 20.2. The van der Waals surface area contributed by atoms with Crippen molar-refractivity contribution in [3.05, 3.63) is 96.2 Å². The van der Waals surface area contributed by atoms with Crippen molar-refractivity contribution in [2.45, 2.75) is 57.8 Å². The molecule has 0 saturated heterocycles. The SMILES string of the molecule is COc1ccc(S(=O)(=O)N(C(=C=O)c2ccc3c(ccn3OC(C)(C)C)c2)[C@@H](C(=O)OCc2ccccc2)C(C)C)cc1. The van der Waals surface area contributed by atoms with Crippen LogP contribution in [0.3, 0.4) is 0 Å². The zero-order valence-corrected chi connectivity index (χ0v) is 25.9. The Balaban J connectivity index is 1.82. The summed E-state index contributed by atoms with van der Waals surface area (Å²) < 4.78 is 41.9. The van der Waals surface area contributed by atoms with Crippen LogP contribution < -0.4 is 9.57 Å². The summed E-state index contributed by atoms with van der Waals surface area (Å²) >= 11 is 0. The molecule has 1 aromatic heterocycles. The molecule has 4 aromatic rings. The van der Waals surface area contributed by atoms with Crippen LogP contribution in [0.4, 0.5) is 0 Å². The molecule has 3 aromatic carbocycles. The van der Waals surface area contributed by atoms with Gasteiger partial charge in [0.05, 0.1) is 17.5 Å². The second-order valence-electron chi connectivity index (χ2n) is 11.3. The molecule has 0 amide bonds. The summed E-state index contributed by atoms with van der Waals surface area (Å²) in [7, 11) is -3.01. The highest BCUT2D eigenvalue weighted by atomic mass is 32.2. The molecule has 0 fully saturated rings. The summed E-state index contributed by atoms with van der Waals surface area (Å²) in [5, 5.41) is 0.698. The van der Waals surface area contributed by atoms with Crippen LogP contribution in [0.15, 0.2) is 90.0 Å². The fourth-order valence-electron chi connectivity index (χ4n) is 4.59. The first kappa shape index (κ1) is 31.4. The van der Waals surface area contributed by atoms with Crippen LogP contribution in [0.25, 0.3) is 16.6 Å². The number of esters is 1. The van der Waals surface area contributed by atoms with Crippen LogP contribution in [-0.2, 0) is 31.0 Å². The number of ether oxygens (including phenoxy) is 2. The molecule has 10 heteroatoms. The standard InChI is InChI=1S/C33H36N2O7S/c1-23(2)31(32(37)41-22-24-10-8-7-9-11-24)35(43(38,39)28-15-13-27(40-6)14-16-28)30(21-36)25-12-17-29-26(20-25)18-19-34(29)42-33(3,4)5/h7-20,23,31H,22H2,1-6H3/t31-/m1/s1. The average Bonchev–Trinajstić information content (AvgIpc) is 3.36. The van der Waals surface area contributed by atoms with E-state index in [0.29, 0.717) is 11.1 Å². The van der Waals surface area contributed by atoms with Gasteiger partial charge in [-0.05, 0) is 80.8 Å². The molecule has 9 nitrogen and oxygen atoms in total. The third kappa shape index (κ3) is 7.10. The molecular formula is C33H36N2O7S. The molecule has 0 bridgehead atoms. The van der Waals surface area contributed by atoms with Gasteiger partial charge >= 0.3 is 5.97 Å². The topological polar surface area (TPSA) is 104 Å². The van der Waals surface area contributed by atoms with E-state index < -0.39 is 33.6 Å². The van der Waals surface area contributed by atoms with Gasteiger partial charge in [0.15, 0.2) is 5.94 Å². The lowest BCUT2D eigenvalue weighted by Gasteiger charge is -2.33. The maximum atomic E-state index is 14.3. The zero-order chi connectivity index (χ0) is 31.4. The number of carbonyl (C=O) groups excluding carboxylic acids is 2. The van der Waals surface area contributed by atoms with Crippen LogP contribution in [0.5, 0.6) is 5.75 Å². The average molecular weight is 605 g/mol. The Hall–Kier alpha value is -4.53. The predicted molar refractivity (Wildman–Crippen MR) is 164 cm³/mol. The third-order valence-corrected chi connectivity index (χ3v) is 8.38. The maximum absolute atomic E-state index is 14.3. The first-order valence-corrected chi connectivity index (χ1v) is 15.2. The summed E-state index contributed by atoms with van der Waals surface area (Å²) in [5.41, 5.74) is 0.927. The minimum Gasteiger partial charge on any atom is -0.497 e. The van der Waals surface area contributed by atoms with E-state index in [0.717, 1.165) is 15.4 Å². The molecule has 0 N–H and O–H groups in total. The maximum Gasteiger partial charge on any atom is 0.330 e. The molecule has 0 aliphatic carbocycles. The smallest absolute Gasteiger partial charge is 0.330 e. The Bertz CT molecular complexity index is 1730. The number of benzene rings is 3. The molecule has 43 heavy (non-hydrogen) atoms. The van der Waals surface area contributed by atoms with Crippen LogP contribution in [0.1, 0.15) is 45.7 Å². The lowest BCUT2D eigenvalue weighted by molar-refractivity contribution is -0.150. The Morgan fingerprint density at radius 1 is 0.977 bits per heavy atom. The van der Waals surface area contributed by atoms with Gasteiger partial charge in [0.25, 0.3) is 10.0 Å². The number of carbonyl (C=O) groups is 1. The van der Waals surface area contributed by atoms with Gasteiger partial charge in [0, 0.05) is 17.1 Å². The van der Waals surface area contributed by atoms with Crippen molar-refractivity contribution >= 4 is 38.5 Å². The molecule has 0 saturated carbocycles. The van der Waals surface area contributed by atoms with E-state index in [2.05, 4.69) is 0 Å². The van der Waals surface area contributed by atoms with Crippen molar-refractivity contribution in [2.75, 3.05) is 7.11 Å². The van der Waals surface area contributed by atoms with Gasteiger partial charge in [-0.3, -0.25) is 0 Å². The van der Waals surface area contributed by atoms with Crippen LogP contribution in [-0.4, -0.2) is 48.1 Å². The molecule has 0 spiro atoms. The number of rotatable bonds is 11. The second kappa shape index (κ2) is 12.8. The van der Waals surface area contributed by atoms with E-state index in [9.17, 15) is 18.0 Å². The number of methoxy groups -OCH3 is 1.